The molecule has 1 rings (SSSR count). The minimum Gasteiger partial charge on any atom is -0.384 e. The molecule has 0 aromatic carbocycles. The summed E-state index contributed by atoms with van der Waals surface area (Å²) < 4.78 is 5.41. The van der Waals surface area contributed by atoms with Crippen LogP contribution in [0.2, 0.25) is 0 Å². The van der Waals surface area contributed by atoms with E-state index in [1.54, 1.807) is 0 Å². The first-order valence-electron chi connectivity index (χ1n) is 6.90. The van der Waals surface area contributed by atoms with Crippen LogP contribution >= 0.6 is 0 Å². The van der Waals surface area contributed by atoms with Crippen LogP contribution in [0.4, 0.5) is 0 Å². The first-order valence-corrected chi connectivity index (χ1v) is 6.90. The molecule has 1 fully saturated rings. The van der Waals surface area contributed by atoms with E-state index in [9.17, 15) is 0 Å². The molecule has 16 heavy (non-hydrogen) atoms. The number of unbranched alkanes of at least 4 members (excludes halogenated alkanes) is 1. The zero-order valence-electron chi connectivity index (χ0n) is 11.3. The van der Waals surface area contributed by atoms with Crippen LogP contribution in [-0.2, 0) is 4.74 Å². The molecule has 0 atom stereocenters. The minimum absolute atomic E-state index is 0.423. The highest BCUT2D eigenvalue weighted by atomic mass is 16.5. The second kappa shape index (κ2) is 7.29. The highest BCUT2D eigenvalue weighted by Crippen LogP contribution is 2.40. The monoisotopic (exact) mass is 227 g/mol. The summed E-state index contributed by atoms with van der Waals surface area (Å²) in [6.07, 6.45) is 9.70. The van der Waals surface area contributed by atoms with Gasteiger partial charge in [-0.15, -0.1) is 0 Å². The van der Waals surface area contributed by atoms with Crippen molar-refractivity contribution < 1.29 is 4.74 Å². The maximum Gasteiger partial charge on any atom is 0.0530 e. The molecular formula is C14H29NO. The third-order valence-corrected chi connectivity index (χ3v) is 4.13. The fourth-order valence-corrected chi connectivity index (χ4v) is 3.12. The topological polar surface area (TPSA) is 21.3 Å². The standard InChI is InChI=1S/C14H29NO/c1-4-5-6-13-7-9-14(10-8-13,11-15-2)12-16-3/h13,15H,4-12H2,1-3H3. The van der Waals surface area contributed by atoms with Crippen LogP contribution in [-0.4, -0.2) is 27.3 Å². The molecule has 2 heteroatoms. The third kappa shape index (κ3) is 4.06. The molecule has 1 saturated carbocycles. The van der Waals surface area contributed by atoms with E-state index >= 15 is 0 Å². The summed E-state index contributed by atoms with van der Waals surface area (Å²) in [5.74, 6) is 0.988. The molecule has 0 saturated heterocycles. The lowest BCUT2D eigenvalue weighted by molar-refractivity contribution is 0.0355. The van der Waals surface area contributed by atoms with Gasteiger partial charge >= 0.3 is 0 Å². The lowest BCUT2D eigenvalue weighted by Gasteiger charge is -2.39. The average Bonchev–Trinajstić information content (AvgIpc) is 2.29. The van der Waals surface area contributed by atoms with Crippen molar-refractivity contribution in [3.05, 3.63) is 0 Å². The molecule has 1 N–H and O–H groups in total. The van der Waals surface area contributed by atoms with Crippen molar-refractivity contribution in [1.29, 1.82) is 0 Å². The molecule has 0 spiro atoms. The molecule has 0 bridgehead atoms. The van der Waals surface area contributed by atoms with Gasteiger partial charge in [0.25, 0.3) is 0 Å². The number of hydrogen-bond acceptors (Lipinski definition) is 2. The van der Waals surface area contributed by atoms with Gasteiger partial charge in [0.05, 0.1) is 6.61 Å². The van der Waals surface area contributed by atoms with Crippen molar-refractivity contribution in [2.24, 2.45) is 11.3 Å². The van der Waals surface area contributed by atoms with Crippen molar-refractivity contribution in [1.82, 2.24) is 5.32 Å². The number of methoxy groups -OCH3 is 1. The average molecular weight is 227 g/mol. The Bertz CT molecular complexity index is 166. The van der Waals surface area contributed by atoms with E-state index in [0.29, 0.717) is 5.41 Å². The predicted octanol–water partition coefficient (Wildman–Crippen LogP) is 3.22. The van der Waals surface area contributed by atoms with Crippen molar-refractivity contribution in [3.63, 3.8) is 0 Å². The van der Waals surface area contributed by atoms with Gasteiger partial charge in [0.2, 0.25) is 0 Å². The van der Waals surface area contributed by atoms with E-state index in [1.807, 2.05) is 7.11 Å². The van der Waals surface area contributed by atoms with Crippen LogP contribution in [0, 0.1) is 11.3 Å². The fourth-order valence-electron chi connectivity index (χ4n) is 3.12. The van der Waals surface area contributed by atoms with Gasteiger partial charge in [-0.2, -0.15) is 0 Å². The quantitative estimate of drug-likeness (QED) is 0.721. The normalized spacial score (nSPS) is 30.6. The number of ether oxygens (including phenoxy) is 1. The van der Waals surface area contributed by atoms with Gasteiger partial charge in [0, 0.05) is 19.1 Å². The van der Waals surface area contributed by atoms with Gasteiger partial charge in [-0.05, 0) is 38.6 Å². The van der Waals surface area contributed by atoms with Crippen molar-refractivity contribution in [3.8, 4) is 0 Å². The molecule has 96 valence electrons. The molecule has 0 unspecified atom stereocenters. The summed E-state index contributed by atoms with van der Waals surface area (Å²) in [5, 5.41) is 3.34. The third-order valence-electron chi connectivity index (χ3n) is 4.13. The SMILES string of the molecule is CCCCC1CCC(CNC)(COC)CC1. The van der Waals surface area contributed by atoms with Crippen molar-refractivity contribution in [2.75, 3.05) is 27.3 Å². The Balaban J connectivity index is 2.36. The Morgan fingerprint density at radius 3 is 2.50 bits per heavy atom. The second-order valence-corrected chi connectivity index (χ2v) is 5.55. The van der Waals surface area contributed by atoms with E-state index in [1.165, 1.54) is 44.9 Å². The van der Waals surface area contributed by atoms with Gasteiger partial charge in [-0.1, -0.05) is 26.2 Å². The summed E-state index contributed by atoms with van der Waals surface area (Å²) in [5.41, 5.74) is 0.423. The summed E-state index contributed by atoms with van der Waals surface area (Å²) >= 11 is 0. The van der Waals surface area contributed by atoms with Crippen LogP contribution in [0.25, 0.3) is 0 Å². The van der Waals surface area contributed by atoms with Gasteiger partial charge in [-0.25, -0.2) is 0 Å². The first kappa shape index (κ1) is 14.0. The molecule has 1 aliphatic carbocycles. The summed E-state index contributed by atoms with van der Waals surface area (Å²) in [7, 11) is 3.89. The minimum atomic E-state index is 0.423. The number of rotatable bonds is 7. The van der Waals surface area contributed by atoms with Crippen molar-refractivity contribution in [2.45, 2.75) is 51.9 Å². The summed E-state index contributed by atoms with van der Waals surface area (Å²) in [6, 6.07) is 0. The van der Waals surface area contributed by atoms with E-state index in [4.69, 9.17) is 4.74 Å². The van der Waals surface area contributed by atoms with E-state index in [0.717, 1.165) is 19.1 Å². The zero-order chi connectivity index (χ0) is 11.9. The highest BCUT2D eigenvalue weighted by molar-refractivity contribution is 4.87. The van der Waals surface area contributed by atoms with E-state index in [-0.39, 0.29) is 0 Å². The smallest absolute Gasteiger partial charge is 0.0530 e. The summed E-state index contributed by atoms with van der Waals surface area (Å²) in [6.45, 7) is 4.33. The molecule has 0 amide bonds. The largest absolute Gasteiger partial charge is 0.384 e. The van der Waals surface area contributed by atoms with Crippen LogP contribution in [0.15, 0.2) is 0 Å². The van der Waals surface area contributed by atoms with Crippen LogP contribution in [0.5, 0.6) is 0 Å². The zero-order valence-corrected chi connectivity index (χ0v) is 11.3. The number of hydrogen-bond donors (Lipinski definition) is 1. The highest BCUT2D eigenvalue weighted by Gasteiger charge is 2.34. The summed E-state index contributed by atoms with van der Waals surface area (Å²) in [4.78, 5) is 0. The van der Waals surface area contributed by atoms with E-state index in [2.05, 4.69) is 19.3 Å². The molecular weight excluding hydrogens is 198 g/mol. The second-order valence-electron chi connectivity index (χ2n) is 5.55. The molecule has 0 heterocycles. The predicted molar refractivity (Wildman–Crippen MR) is 69.7 cm³/mol. The molecule has 2 nitrogen and oxygen atoms in total. The van der Waals surface area contributed by atoms with Crippen LogP contribution < -0.4 is 5.32 Å². The van der Waals surface area contributed by atoms with Crippen LogP contribution in [0.1, 0.15) is 51.9 Å². The van der Waals surface area contributed by atoms with E-state index < -0.39 is 0 Å². The molecule has 0 aromatic rings. The Morgan fingerprint density at radius 1 is 1.31 bits per heavy atom. The lowest BCUT2D eigenvalue weighted by atomic mass is 9.70. The molecule has 1 aliphatic rings. The molecule has 0 radical (unpaired) electrons. The van der Waals surface area contributed by atoms with Gasteiger partial charge in [0.15, 0.2) is 0 Å². The maximum atomic E-state index is 5.41. The van der Waals surface area contributed by atoms with Crippen molar-refractivity contribution >= 4 is 0 Å². The number of nitrogens with one attached hydrogen (secondary N) is 1. The Hall–Kier alpha value is -0.0800. The Morgan fingerprint density at radius 2 is 2.00 bits per heavy atom. The first-order chi connectivity index (χ1) is 7.76. The van der Waals surface area contributed by atoms with Gasteiger partial charge in [0.1, 0.15) is 0 Å². The fraction of sp³-hybridized carbons (Fsp3) is 1.00. The molecule has 0 aromatic heterocycles. The Labute approximate surface area is 101 Å². The maximum absolute atomic E-state index is 5.41. The molecule has 0 aliphatic heterocycles. The lowest BCUT2D eigenvalue weighted by Crippen LogP contribution is -2.39. The van der Waals surface area contributed by atoms with Gasteiger partial charge < -0.3 is 10.1 Å². The Kier molecular flexibility index (Phi) is 6.37. The van der Waals surface area contributed by atoms with Gasteiger partial charge in [-0.3, -0.25) is 0 Å². The van der Waals surface area contributed by atoms with Crippen LogP contribution in [0.3, 0.4) is 0 Å².